The van der Waals surface area contributed by atoms with Crippen molar-refractivity contribution < 1.29 is 0 Å². The lowest BCUT2D eigenvalue weighted by molar-refractivity contribution is 0.691. The van der Waals surface area contributed by atoms with Gasteiger partial charge in [0.1, 0.15) is 0 Å². The maximum atomic E-state index is 6.32. The van der Waals surface area contributed by atoms with Crippen LogP contribution in [0.25, 0.3) is 0 Å². The van der Waals surface area contributed by atoms with Gasteiger partial charge in [-0.15, -0.1) is 0 Å². The molecule has 0 bridgehead atoms. The largest absolute Gasteiger partial charge is 0.309 e. The Balaban J connectivity index is 2.53. The molecular formula is C16H17Cl2N. The third-order valence-electron chi connectivity index (χ3n) is 3.16. The predicted octanol–water partition coefficient (Wildman–Crippen LogP) is 4.92. The van der Waals surface area contributed by atoms with E-state index in [9.17, 15) is 0 Å². The van der Waals surface area contributed by atoms with Gasteiger partial charge in [-0.05, 0) is 38.1 Å². The van der Waals surface area contributed by atoms with Crippen LogP contribution in [0.15, 0.2) is 36.4 Å². The standard InChI is InChI=1S/C16H17Cl2N/c1-10-7-11(2)9-12(8-10)16(19-3)13-5-4-6-14(17)15(13)18/h4-9,16,19H,1-3H3. The minimum absolute atomic E-state index is 0.0461. The Morgan fingerprint density at radius 2 is 1.63 bits per heavy atom. The van der Waals surface area contributed by atoms with Crippen LogP contribution in [0.1, 0.15) is 28.3 Å². The van der Waals surface area contributed by atoms with E-state index in [1.807, 2.05) is 25.2 Å². The number of nitrogens with one attached hydrogen (secondary N) is 1. The van der Waals surface area contributed by atoms with Crippen LogP contribution in [-0.2, 0) is 0 Å². The van der Waals surface area contributed by atoms with E-state index in [2.05, 4.69) is 37.4 Å². The summed E-state index contributed by atoms with van der Waals surface area (Å²) in [6, 6.07) is 12.3. The molecule has 0 saturated carbocycles. The van der Waals surface area contributed by atoms with Gasteiger partial charge in [0.15, 0.2) is 0 Å². The molecule has 0 aliphatic rings. The Bertz CT molecular complexity index is 573. The Morgan fingerprint density at radius 3 is 2.21 bits per heavy atom. The Kier molecular flexibility index (Phi) is 4.51. The first-order valence-electron chi connectivity index (χ1n) is 6.22. The zero-order valence-corrected chi connectivity index (χ0v) is 12.8. The van der Waals surface area contributed by atoms with Crippen molar-refractivity contribution in [2.45, 2.75) is 19.9 Å². The number of benzene rings is 2. The maximum Gasteiger partial charge on any atom is 0.0643 e. The van der Waals surface area contributed by atoms with Crippen LogP contribution >= 0.6 is 23.2 Å². The summed E-state index contributed by atoms with van der Waals surface area (Å²) in [6.45, 7) is 4.20. The molecule has 19 heavy (non-hydrogen) atoms. The highest BCUT2D eigenvalue weighted by Gasteiger charge is 2.17. The zero-order valence-electron chi connectivity index (χ0n) is 11.3. The van der Waals surface area contributed by atoms with Gasteiger partial charge < -0.3 is 5.32 Å². The number of aryl methyl sites for hydroxylation is 2. The lowest BCUT2D eigenvalue weighted by atomic mass is 9.96. The van der Waals surface area contributed by atoms with Crippen molar-refractivity contribution in [3.8, 4) is 0 Å². The van der Waals surface area contributed by atoms with E-state index in [-0.39, 0.29) is 6.04 Å². The fraction of sp³-hybridized carbons (Fsp3) is 0.250. The molecule has 2 aromatic rings. The minimum atomic E-state index is 0.0461. The van der Waals surface area contributed by atoms with Crippen LogP contribution in [-0.4, -0.2) is 7.05 Å². The van der Waals surface area contributed by atoms with E-state index in [1.165, 1.54) is 16.7 Å². The molecule has 1 unspecified atom stereocenters. The highest BCUT2D eigenvalue weighted by molar-refractivity contribution is 6.42. The van der Waals surface area contributed by atoms with Gasteiger partial charge in [-0.1, -0.05) is 64.7 Å². The molecule has 0 heterocycles. The average molecular weight is 294 g/mol. The van der Waals surface area contributed by atoms with Crippen molar-refractivity contribution >= 4 is 23.2 Å². The van der Waals surface area contributed by atoms with Crippen LogP contribution in [0.3, 0.4) is 0 Å². The molecule has 3 heteroatoms. The third kappa shape index (κ3) is 3.11. The summed E-state index contributed by atoms with van der Waals surface area (Å²) < 4.78 is 0. The second-order valence-electron chi connectivity index (χ2n) is 4.79. The first-order valence-corrected chi connectivity index (χ1v) is 6.98. The molecule has 0 radical (unpaired) electrons. The number of halogens is 2. The molecule has 1 nitrogen and oxygen atoms in total. The molecule has 1 N–H and O–H groups in total. The van der Waals surface area contributed by atoms with Gasteiger partial charge in [-0.25, -0.2) is 0 Å². The van der Waals surface area contributed by atoms with Crippen LogP contribution in [0, 0.1) is 13.8 Å². The van der Waals surface area contributed by atoms with E-state index in [1.54, 1.807) is 0 Å². The quantitative estimate of drug-likeness (QED) is 0.847. The van der Waals surface area contributed by atoms with Gasteiger partial charge in [0, 0.05) is 0 Å². The van der Waals surface area contributed by atoms with Crippen molar-refractivity contribution in [3.63, 3.8) is 0 Å². The fourth-order valence-corrected chi connectivity index (χ4v) is 2.84. The van der Waals surface area contributed by atoms with Crippen molar-refractivity contribution in [1.29, 1.82) is 0 Å². The Morgan fingerprint density at radius 1 is 1.00 bits per heavy atom. The molecule has 0 fully saturated rings. The molecule has 0 spiro atoms. The van der Waals surface area contributed by atoms with Gasteiger partial charge >= 0.3 is 0 Å². The summed E-state index contributed by atoms with van der Waals surface area (Å²) in [7, 11) is 1.93. The lowest BCUT2D eigenvalue weighted by Crippen LogP contribution is -2.18. The van der Waals surface area contributed by atoms with Crippen LogP contribution in [0.4, 0.5) is 0 Å². The summed E-state index contributed by atoms with van der Waals surface area (Å²) in [5.41, 5.74) is 4.69. The first kappa shape index (κ1) is 14.4. The van der Waals surface area contributed by atoms with Crippen molar-refractivity contribution in [2.75, 3.05) is 7.05 Å². The molecule has 0 aromatic heterocycles. The van der Waals surface area contributed by atoms with E-state index in [0.29, 0.717) is 10.0 Å². The van der Waals surface area contributed by atoms with Gasteiger partial charge in [-0.3, -0.25) is 0 Å². The van der Waals surface area contributed by atoms with Crippen molar-refractivity contribution in [2.24, 2.45) is 0 Å². The van der Waals surface area contributed by atoms with E-state index in [0.717, 1.165) is 5.56 Å². The predicted molar refractivity (Wildman–Crippen MR) is 83.3 cm³/mol. The van der Waals surface area contributed by atoms with Gasteiger partial charge in [-0.2, -0.15) is 0 Å². The molecule has 0 saturated heterocycles. The smallest absolute Gasteiger partial charge is 0.0643 e. The van der Waals surface area contributed by atoms with Gasteiger partial charge in [0.2, 0.25) is 0 Å². The highest BCUT2D eigenvalue weighted by atomic mass is 35.5. The maximum absolute atomic E-state index is 6.32. The fourth-order valence-electron chi connectivity index (χ4n) is 2.42. The van der Waals surface area contributed by atoms with Crippen molar-refractivity contribution in [3.05, 3.63) is 68.7 Å². The molecule has 1 atom stereocenters. The summed E-state index contributed by atoms with van der Waals surface area (Å²) in [5, 5.41) is 4.51. The SMILES string of the molecule is CNC(c1cc(C)cc(C)c1)c1cccc(Cl)c1Cl. The molecule has 0 aliphatic carbocycles. The number of hydrogen-bond donors (Lipinski definition) is 1. The summed E-state index contributed by atoms with van der Waals surface area (Å²) in [4.78, 5) is 0. The number of rotatable bonds is 3. The van der Waals surface area contributed by atoms with Crippen molar-refractivity contribution in [1.82, 2.24) is 5.32 Å². The van der Waals surface area contributed by atoms with Crippen LogP contribution in [0.2, 0.25) is 10.0 Å². The summed E-state index contributed by atoms with van der Waals surface area (Å²) in [6.07, 6.45) is 0. The number of hydrogen-bond acceptors (Lipinski definition) is 1. The Labute approximate surface area is 124 Å². The normalized spacial score (nSPS) is 12.5. The zero-order chi connectivity index (χ0) is 14.0. The Hall–Kier alpha value is -1.02. The lowest BCUT2D eigenvalue weighted by Gasteiger charge is -2.20. The molecule has 0 amide bonds. The van der Waals surface area contributed by atoms with Gasteiger partial charge in [0.05, 0.1) is 16.1 Å². The molecular weight excluding hydrogens is 277 g/mol. The van der Waals surface area contributed by atoms with Crippen LogP contribution in [0.5, 0.6) is 0 Å². The van der Waals surface area contributed by atoms with E-state index in [4.69, 9.17) is 23.2 Å². The topological polar surface area (TPSA) is 12.0 Å². The third-order valence-corrected chi connectivity index (χ3v) is 3.99. The molecule has 2 rings (SSSR count). The van der Waals surface area contributed by atoms with E-state index < -0.39 is 0 Å². The van der Waals surface area contributed by atoms with E-state index >= 15 is 0 Å². The van der Waals surface area contributed by atoms with Gasteiger partial charge in [0.25, 0.3) is 0 Å². The second-order valence-corrected chi connectivity index (χ2v) is 5.57. The summed E-state index contributed by atoms with van der Waals surface area (Å²) in [5.74, 6) is 0. The molecule has 100 valence electrons. The van der Waals surface area contributed by atoms with Crippen LogP contribution < -0.4 is 5.32 Å². The minimum Gasteiger partial charge on any atom is -0.309 e. The average Bonchev–Trinajstić information content (AvgIpc) is 2.34. The first-order chi connectivity index (χ1) is 9.02. The second kappa shape index (κ2) is 5.96. The monoisotopic (exact) mass is 293 g/mol. The summed E-state index contributed by atoms with van der Waals surface area (Å²) >= 11 is 12.4. The molecule has 2 aromatic carbocycles. The highest BCUT2D eigenvalue weighted by Crippen LogP contribution is 2.33. The molecule has 0 aliphatic heterocycles.